The lowest BCUT2D eigenvalue weighted by Gasteiger charge is -2.32. The van der Waals surface area contributed by atoms with Gasteiger partial charge < -0.3 is 15.5 Å². The quantitative estimate of drug-likeness (QED) is 0.897. The van der Waals surface area contributed by atoms with Crippen LogP contribution in [-0.4, -0.2) is 42.5 Å². The molecule has 23 heavy (non-hydrogen) atoms. The molecule has 3 amide bonds. The summed E-state index contributed by atoms with van der Waals surface area (Å²) in [6, 6.07) is 5.92. The molecule has 0 bridgehead atoms. The highest BCUT2D eigenvalue weighted by atomic mass is 16.2. The van der Waals surface area contributed by atoms with Crippen molar-refractivity contribution in [2.45, 2.75) is 46.1 Å². The van der Waals surface area contributed by atoms with Gasteiger partial charge >= 0.3 is 6.03 Å². The summed E-state index contributed by atoms with van der Waals surface area (Å²) in [5.41, 5.74) is 3.02. The molecule has 1 fully saturated rings. The molecule has 1 aliphatic heterocycles. The van der Waals surface area contributed by atoms with E-state index in [0.717, 1.165) is 24.8 Å². The van der Waals surface area contributed by atoms with Crippen LogP contribution in [0.25, 0.3) is 0 Å². The van der Waals surface area contributed by atoms with E-state index in [1.807, 2.05) is 43.9 Å². The Balaban J connectivity index is 1.82. The summed E-state index contributed by atoms with van der Waals surface area (Å²) in [5, 5.41) is 5.98. The Morgan fingerprint density at radius 1 is 1.17 bits per heavy atom. The van der Waals surface area contributed by atoms with Crippen LogP contribution in [0, 0.1) is 13.8 Å². The molecule has 0 saturated carbocycles. The van der Waals surface area contributed by atoms with E-state index in [2.05, 4.69) is 10.6 Å². The number of hydrogen-bond donors (Lipinski definition) is 2. The summed E-state index contributed by atoms with van der Waals surface area (Å²) < 4.78 is 0. The lowest BCUT2D eigenvalue weighted by Crippen LogP contribution is -2.49. The van der Waals surface area contributed by atoms with Crippen LogP contribution in [0.15, 0.2) is 18.2 Å². The molecule has 5 nitrogen and oxygen atoms in total. The molecule has 0 atom stereocenters. The predicted octanol–water partition coefficient (Wildman–Crippen LogP) is 2.62. The zero-order valence-electron chi connectivity index (χ0n) is 14.3. The fourth-order valence-electron chi connectivity index (χ4n) is 2.72. The lowest BCUT2D eigenvalue weighted by molar-refractivity contribution is 0.0918. The average molecular weight is 317 g/mol. The number of hydrogen-bond acceptors (Lipinski definition) is 2. The molecule has 126 valence electrons. The summed E-state index contributed by atoms with van der Waals surface area (Å²) >= 11 is 0. The van der Waals surface area contributed by atoms with Crippen molar-refractivity contribution in [3.63, 3.8) is 0 Å². The highest BCUT2D eigenvalue weighted by molar-refractivity contribution is 5.94. The predicted molar refractivity (Wildman–Crippen MR) is 91.7 cm³/mol. The van der Waals surface area contributed by atoms with Gasteiger partial charge in [0, 0.05) is 31.2 Å². The Morgan fingerprint density at radius 3 is 2.48 bits per heavy atom. The first-order valence-electron chi connectivity index (χ1n) is 8.42. The standard InChI is InChI=1S/C18H27N3O2/c1-4-9-19-18(23)21-10-7-16(8-11-21)20-17(22)15-6-5-13(2)14(3)12-15/h5-6,12,16H,4,7-11H2,1-3H3,(H,19,23)(H,20,22). The van der Waals surface area contributed by atoms with E-state index in [9.17, 15) is 9.59 Å². The minimum atomic E-state index is -0.0259. The summed E-state index contributed by atoms with van der Waals surface area (Å²) in [7, 11) is 0. The zero-order valence-corrected chi connectivity index (χ0v) is 14.3. The number of likely N-dealkylation sites (tertiary alicyclic amines) is 1. The molecule has 0 aromatic heterocycles. The molecule has 0 unspecified atom stereocenters. The van der Waals surface area contributed by atoms with Gasteiger partial charge in [-0.3, -0.25) is 4.79 Å². The summed E-state index contributed by atoms with van der Waals surface area (Å²) in [6.45, 7) is 8.17. The molecular weight excluding hydrogens is 290 g/mol. The van der Waals surface area contributed by atoms with E-state index < -0.39 is 0 Å². The van der Waals surface area contributed by atoms with Crippen molar-refractivity contribution in [3.8, 4) is 0 Å². The van der Waals surface area contributed by atoms with Gasteiger partial charge in [-0.25, -0.2) is 4.79 Å². The minimum Gasteiger partial charge on any atom is -0.349 e. The zero-order chi connectivity index (χ0) is 16.8. The summed E-state index contributed by atoms with van der Waals surface area (Å²) in [5.74, 6) is -0.0259. The van der Waals surface area contributed by atoms with Gasteiger partial charge in [-0.2, -0.15) is 0 Å². The van der Waals surface area contributed by atoms with E-state index in [1.165, 1.54) is 5.56 Å². The Labute approximate surface area is 138 Å². The third-order valence-corrected chi connectivity index (χ3v) is 4.41. The highest BCUT2D eigenvalue weighted by Crippen LogP contribution is 2.13. The second kappa shape index (κ2) is 7.99. The van der Waals surface area contributed by atoms with E-state index >= 15 is 0 Å². The number of piperidine rings is 1. The van der Waals surface area contributed by atoms with Crippen LogP contribution < -0.4 is 10.6 Å². The molecule has 1 aliphatic rings. The number of benzene rings is 1. The fourth-order valence-corrected chi connectivity index (χ4v) is 2.72. The number of urea groups is 1. The van der Waals surface area contributed by atoms with Crippen molar-refractivity contribution in [3.05, 3.63) is 34.9 Å². The molecule has 2 N–H and O–H groups in total. The average Bonchev–Trinajstić information content (AvgIpc) is 2.55. The maximum Gasteiger partial charge on any atom is 0.317 e. The van der Waals surface area contributed by atoms with Crippen LogP contribution in [0.2, 0.25) is 0 Å². The van der Waals surface area contributed by atoms with Crippen molar-refractivity contribution in [2.24, 2.45) is 0 Å². The second-order valence-electron chi connectivity index (χ2n) is 6.27. The first-order valence-corrected chi connectivity index (χ1v) is 8.42. The van der Waals surface area contributed by atoms with Crippen molar-refractivity contribution >= 4 is 11.9 Å². The number of nitrogens with one attached hydrogen (secondary N) is 2. The number of rotatable bonds is 4. The number of carbonyl (C=O) groups is 2. The molecule has 5 heteroatoms. The Bertz CT molecular complexity index is 563. The van der Waals surface area contributed by atoms with E-state index in [1.54, 1.807) is 0 Å². The van der Waals surface area contributed by atoms with Gasteiger partial charge in [-0.05, 0) is 56.4 Å². The molecule has 1 heterocycles. The van der Waals surface area contributed by atoms with E-state index in [-0.39, 0.29) is 18.0 Å². The molecule has 0 aliphatic carbocycles. The van der Waals surface area contributed by atoms with E-state index in [4.69, 9.17) is 0 Å². The molecule has 1 saturated heterocycles. The van der Waals surface area contributed by atoms with Crippen LogP contribution in [0.3, 0.4) is 0 Å². The Hall–Kier alpha value is -2.04. The molecule has 1 aromatic carbocycles. The first-order chi connectivity index (χ1) is 11.0. The van der Waals surface area contributed by atoms with Crippen molar-refractivity contribution in [2.75, 3.05) is 19.6 Å². The van der Waals surface area contributed by atoms with E-state index in [0.29, 0.717) is 25.2 Å². The van der Waals surface area contributed by atoms with Gasteiger partial charge in [0.2, 0.25) is 0 Å². The van der Waals surface area contributed by atoms with Crippen molar-refractivity contribution < 1.29 is 9.59 Å². The summed E-state index contributed by atoms with van der Waals surface area (Å²) in [6.07, 6.45) is 2.54. The van der Waals surface area contributed by atoms with Crippen molar-refractivity contribution in [1.82, 2.24) is 15.5 Å². The molecular formula is C18H27N3O2. The van der Waals surface area contributed by atoms with Crippen molar-refractivity contribution in [1.29, 1.82) is 0 Å². The maximum absolute atomic E-state index is 12.3. The number of aryl methyl sites for hydroxylation is 2. The van der Waals surface area contributed by atoms with Crippen LogP contribution in [0.4, 0.5) is 4.79 Å². The maximum atomic E-state index is 12.3. The third kappa shape index (κ3) is 4.71. The van der Waals surface area contributed by atoms with Gasteiger partial charge in [0.05, 0.1) is 0 Å². The van der Waals surface area contributed by atoms with Crippen LogP contribution in [0.1, 0.15) is 47.7 Å². The third-order valence-electron chi connectivity index (χ3n) is 4.41. The normalized spacial score (nSPS) is 15.3. The molecule has 2 rings (SSSR count). The largest absolute Gasteiger partial charge is 0.349 e. The molecule has 0 spiro atoms. The first kappa shape index (κ1) is 17.3. The number of amides is 3. The lowest BCUT2D eigenvalue weighted by atomic mass is 10.0. The monoisotopic (exact) mass is 317 g/mol. The molecule has 0 radical (unpaired) electrons. The topological polar surface area (TPSA) is 61.4 Å². The smallest absolute Gasteiger partial charge is 0.317 e. The number of nitrogens with zero attached hydrogens (tertiary/aromatic N) is 1. The Morgan fingerprint density at radius 2 is 1.87 bits per heavy atom. The van der Waals surface area contributed by atoms with Gasteiger partial charge in [0.1, 0.15) is 0 Å². The minimum absolute atomic E-state index is 0.00536. The van der Waals surface area contributed by atoms with Gasteiger partial charge in [-0.15, -0.1) is 0 Å². The fraction of sp³-hybridized carbons (Fsp3) is 0.556. The Kier molecular flexibility index (Phi) is 6.02. The van der Waals surface area contributed by atoms with Gasteiger partial charge in [0.15, 0.2) is 0 Å². The van der Waals surface area contributed by atoms with Crippen LogP contribution in [0.5, 0.6) is 0 Å². The molecule has 1 aromatic rings. The SMILES string of the molecule is CCCNC(=O)N1CCC(NC(=O)c2ccc(C)c(C)c2)CC1. The van der Waals surface area contributed by atoms with Gasteiger partial charge in [-0.1, -0.05) is 13.0 Å². The van der Waals surface area contributed by atoms with Gasteiger partial charge in [0.25, 0.3) is 5.91 Å². The van der Waals surface area contributed by atoms with Crippen LogP contribution in [-0.2, 0) is 0 Å². The summed E-state index contributed by atoms with van der Waals surface area (Å²) in [4.78, 5) is 26.1. The second-order valence-corrected chi connectivity index (χ2v) is 6.27. The highest BCUT2D eigenvalue weighted by Gasteiger charge is 2.23. The van der Waals surface area contributed by atoms with Crippen LogP contribution >= 0.6 is 0 Å². The number of carbonyl (C=O) groups excluding carboxylic acids is 2.